The number of hydrogen-bond donors (Lipinski definition) is 3. The van der Waals surface area contributed by atoms with E-state index in [0.29, 0.717) is 0 Å². The SMILES string of the molecule is CC(=O)Nc1cccc([C@H](C)NC(=O)N[C@H](C)[C@@H]2CCCO2)c1. The summed E-state index contributed by atoms with van der Waals surface area (Å²) in [6.45, 7) is 6.10. The molecule has 1 aromatic rings. The van der Waals surface area contributed by atoms with E-state index in [9.17, 15) is 9.59 Å². The van der Waals surface area contributed by atoms with Crippen molar-refractivity contribution in [3.05, 3.63) is 29.8 Å². The zero-order valence-electron chi connectivity index (χ0n) is 13.9. The molecule has 6 nitrogen and oxygen atoms in total. The first-order chi connectivity index (χ1) is 11.0. The Morgan fingerprint density at radius 1 is 1.26 bits per heavy atom. The first kappa shape index (κ1) is 17.3. The molecule has 1 aliphatic heterocycles. The molecule has 3 amide bonds. The van der Waals surface area contributed by atoms with E-state index >= 15 is 0 Å². The Morgan fingerprint density at radius 3 is 2.70 bits per heavy atom. The molecule has 1 aromatic carbocycles. The number of carbonyl (C=O) groups is 2. The predicted molar refractivity (Wildman–Crippen MR) is 89.3 cm³/mol. The summed E-state index contributed by atoms with van der Waals surface area (Å²) in [6.07, 6.45) is 2.12. The van der Waals surface area contributed by atoms with E-state index in [1.54, 1.807) is 0 Å². The van der Waals surface area contributed by atoms with Gasteiger partial charge in [-0.25, -0.2) is 4.79 Å². The zero-order valence-corrected chi connectivity index (χ0v) is 13.9. The Kier molecular flexibility index (Phi) is 5.98. The second-order valence-electron chi connectivity index (χ2n) is 5.99. The number of urea groups is 1. The van der Waals surface area contributed by atoms with Gasteiger partial charge in [0.05, 0.1) is 18.2 Å². The maximum atomic E-state index is 12.1. The lowest BCUT2D eigenvalue weighted by atomic mass is 10.1. The van der Waals surface area contributed by atoms with Crippen LogP contribution in [0.25, 0.3) is 0 Å². The summed E-state index contributed by atoms with van der Waals surface area (Å²) in [5, 5.41) is 8.58. The van der Waals surface area contributed by atoms with Gasteiger partial charge in [0, 0.05) is 19.2 Å². The topological polar surface area (TPSA) is 79.5 Å². The van der Waals surface area contributed by atoms with Crippen LogP contribution in [0.4, 0.5) is 10.5 Å². The fraction of sp³-hybridized carbons (Fsp3) is 0.529. The van der Waals surface area contributed by atoms with Crippen molar-refractivity contribution in [3.8, 4) is 0 Å². The van der Waals surface area contributed by atoms with Gasteiger partial charge in [-0.1, -0.05) is 12.1 Å². The van der Waals surface area contributed by atoms with Gasteiger partial charge in [0.25, 0.3) is 0 Å². The predicted octanol–water partition coefficient (Wildman–Crippen LogP) is 2.57. The number of anilines is 1. The highest BCUT2D eigenvalue weighted by Crippen LogP contribution is 2.18. The number of ether oxygens (including phenoxy) is 1. The summed E-state index contributed by atoms with van der Waals surface area (Å²) in [4.78, 5) is 23.2. The summed E-state index contributed by atoms with van der Waals surface area (Å²) < 4.78 is 5.58. The maximum absolute atomic E-state index is 12.1. The van der Waals surface area contributed by atoms with Gasteiger partial charge >= 0.3 is 6.03 Å². The molecule has 23 heavy (non-hydrogen) atoms. The van der Waals surface area contributed by atoms with Crippen LogP contribution in [-0.4, -0.2) is 30.7 Å². The average molecular weight is 319 g/mol. The van der Waals surface area contributed by atoms with Crippen LogP contribution in [0.3, 0.4) is 0 Å². The van der Waals surface area contributed by atoms with Gasteiger partial charge in [-0.05, 0) is 44.4 Å². The number of hydrogen-bond acceptors (Lipinski definition) is 3. The number of carbonyl (C=O) groups excluding carboxylic acids is 2. The highest BCUT2D eigenvalue weighted by molar-refractivity contribution is 5.88. The third kappa shape index (κ3) is 5.25. The molecule has 0 bridgehead atoms. The first-order valence-corrected chi connectivity index (χ1v) is 8.02. The molecule has 6 heteroatoms. The molecule has 2 rings (SSSR count). The molecular formula is C17H25N3O3. The van der Waals surface area contributed by atoms with Crippen molar-refractivity contribution in [3.63, 3.8) is 0 Å². The molecule has 1 heterocycles. The van der Waals surface area contributed by atoms with Gasteiger partial charge in [0.15, 0.2) is 0 Å². The molecule has 3 N–H and O–H groups in total. The van der Waals surface area contributed by atoms with Gasteiger partial charge in [-0.3, -0.25) is 4.79 Å². The lowest BCUT2D eigenvalue weighted by Gasteiger charge is -2.22. The minimum Gasteiger partial charge on any atom is -0.376 e. The molecule has 3 atom stereocenters. The molecule has 0 aromatic heterocycles. The van der Waals surface area contributed by atoms with Crippen LogP contribution in [0, 0.1) is 0 Å². The van der Waals surface area contributed by atoms with E-state index in [-0.39, 0.29) is 30.1 Å². The lowest BCUT2D eigenvalue weighted by Crippen LogP contribution is -2.46. The van der Waals surface area contributed by atoms with Gasteiger partial charge in [0.1, 0.15) is 0 Å². The fourth-order valence-electron chi connectivity index (χ4n) is 2.71. The monoisotopic (exact) mass is 319 g/mol. The van der Waals surface area contributed by atoms with Crippen LogP contribution in [0.5, 0.6) is 0 Å². The number of benzene rings is 1. The van der Waals surface area contributed by atoms with E-state index in [0.717, 1.165) is 30.7 Å². The number of amides is 3. The van der Waals surface area contributed by atoms with Crippen LogP contribution < -0.4 is 16.0 Å². The molecule has 0 unspecified atom stereocenters. The smallest absolute Gasteiger partial charge is 0.315 e. The molecule has 1 saturated heterocycles. The second kappa shape index (κ2) is 7.97. The van der Waals surface area contributed by atoms with Crippen LogP contribution in [0.2, 0.25) is 0 Å². The van der Waals surface area contributed by atoms with Crippen molar-refractivity contribution in [2.75, 3.05) is 11.9 Å². The van der Waals surface area contributed by atoms with Gasteiger partial charge in [-0.2, -0.15) is 0 Å². The molecule has 0 spiro atoms. The summed E-state index contributed by atoms with van der Waals surface area (Å²) >= 11 is 0. The summed E-state index contributed by atoms with van der Waals surface area (Å²) in [5.74, 6) is -0.120. The highest BCUT2D eigenvalue weighted by atomic mass is 16.5. The second-order valence-corrected chi connectivity index (χ2v) is 5.99. The Labute approximate surface area is 137 Å². The van der Waals surface area contributed by atoms with Crippen molar-refractivity contribution in [2.24, 2.45) is 0 Å². The Hall–Kier alpha value is -2.08. The molecule has 1 aliphatic rings. The van der Waals surface area contributed by atoms with Crippen molar-refractivity contribution in [1.29, 1.82) is 0 Å². The van der Waals surface area contributed by atoms with E-state index in [2.05, 4.69) is 16.0 Å². The molecule has 0 aliphatic carbocycles. The Morgan fingerprint density at radius 2 is 2.04 bits per heavy atom. The zero-order chi connectivity index (χ0) is 16.8. The van der Waals surface area contributed by atoms with Crippen LogP contribution >= 0.6 is 0 Å². The molecule has 126 valence electrons. The Bertz CT molecular complexity index is 556. The minimum atomic E-state index is -0.217. The van der Waals surface area contributed by atoms with Gasteiger partial charge in [-0.15, -0.1) is 0 Å². The molecule has 0 saturated carbocycles. The average Bonchev–Trinajstić information content (AvgIpc) is 3.00. The van der Waals surface area contributed by atoms with E-state index in [1.807, 2.05) is 38.1 Å². The fourth-order valence-corrected chi connectivity index (χ4v) is 2.71. The van der Waals surface area contributed by atoms with Crippen molar-refractivity contribution >= 4 is 17.6 Å². The number of nitrogens with one attached hydrogen (secondary N) is 3. The minimum absolute atomic E-state index is 0.0181. The molecular weight excluding hydrogens is 294 g/mol. The maximum Gasteiger partial charge on any atom is 0.315 e. The van der Waals surface area contributed by atoms with Gasteiger partial charge < -0.3 is 20.7 Å². The third-order valence-corrected chi connectivity index (χ3v) is 3.94. The first-order valence-electron chi connectivity index (χ1n) is 8.02. The van der Waals surface area contributed by atoms with Crippen molar-refractivity contribution < 1.29 is 14.3 Å². The van der Waals surface area contributed by atoms with E-state index in [4.69, 9.17) is 4.74 Å². The Balaban J connectivity index is 1.88. The molecule has 0 radical (unpaired) electrons. The third-order valence-electron chi connectivity index (χ3n) is 3.94. The van der Waals surface area contributed by atoms with Crippen LogP contribution in [0.15, 0.2) is 24.3 Å². The highest BCUT2D eigenvalue weighted by Gasteiger charge is 2.24. The van der Waals surface area contributed by atoms with E-state index < -0.39 is 0 Å². The number of rotatable bonds is 5. The summed E-state index contributed by atoms with van der Waals surface area (Å²) in [5.41, 5.74) is 1.65. The van der Waals surface area contributed by atoms with Crippen LogP contribution in [0.1, 0.15) is 45.2 Å². The quantitative estimate of drug-likeness (QED) is 0.780. The lowest BCUT2D eigenvalue weighted by molar-refractivity contribution is -0.114. The van der Waals surface area contributed by atoms with E-state index in [1.165, 1.54) is 6.92 Å². The summed E-state index contributed by atoms with van der Waals surface area (Å²) in [6, 6.07) is 7.04. The van der Waals surface area contributed by atoms with Crippen molar-refractivity contribution in [2.45, 2.75) is 51.8 Å². The van der Waals surface area contributed by atoms with Crippen molar-refractivity contribution in [1.82, 2.24) is 10.6 Å². The largest absolute Gasteiger partial charge is 0.376 e. The summed E-state index contributed by atoms with van der Waals surface area (Å²) in [7, 11) is 0. The van der Waals surface area contributed by atoms with Gasteiger partial charge in [0.2, 0.25) is 5.91 Å². The standard InChI is InChI=1S/C17H25N3O3/c1-11(14-6-4-7-15(10-14)20-13(3)21)18-17(22)19-12(2)16-8-5-9-23-16/h4,6-7,10-12,16H,5,8-9H2,1-3H3,(H,20,21)(H2,18,19,22)/t11-,12+,16-/m0/s1. The normalized spacial score (nSPS) is 19.7. The van der Waals surface area contributed by atoms with Crippen LogP contribution in [-0.2, 0) is 9.53 Å². The molecule has 1 fully saturated rings.